The van der Waals surface area contributed by atoms with Crippen LogP contribution in [0.2, 0.25) is 5.02 Å². The Morgan fingerprint density at radius 1 is 1.22 bits per heavy atom. The highest BCUT2D eigenvalue weighted by atomic mass is 35.5. The van der Waals surface area contributed by atoms with Crippen molar-refractivity contribution < 1.29 is 19.4 Å². The van der Waals surface area contributed by atoms with Crippen molar-refractivity contribution >= 4 is 23.5 Å². The van der Waals surface area contributed by atoms with Gasteiger partial charge in [0.15, 0.2) is 6.10 Å². The average molecular weight is 395 g/mol. The van der Waals surface area contributed by atoms with Crippen LogP contribution in [-0.2, 0) is 16.1 Å². The highest BCUT2D eigenvalue weighted by Gasteiger charge is 2.29. The topological polar surface area (TPSA) is 70.1 Å². The number of carboxylic acids is 1. The third kappa shape index (κ3) is 5.14. The van der Waals surface area contributed by atoms with Crippen LogP contribution in [0, 0.1) is 5.92 Å². The van der Waals surface area contributed by atoms with E-state index in [1.165, 1.54) is 6.92 Å². The Hall–Kier alpha value is -1.79. The van der Waals surface area contributed by atoms with Gasteiger partial charge in [0, 0.05) is 25.6 Å². The highest BCUT2D eigenvalue weighted by Crippen LogP contribution is 2.28. The first-order valence-electron chi connectivity index (χ1n) is 9.63. The van der Waals surface area contributed by atoms with E-state index in [1.807, 2.05) is 17.0 Å². The van der Waals surface area contributed by atoms with E-state index in [-0.39, 0.29) is 5.92 Å². The zero-order chi connectivity index (χ0) is 19.4. The van der Waals surface area contributed by atoms with E-state index in [2.05, 4.69) is 4.90 Å². The van der Waals surface area contributed by atoms with Crippen LogP contribution in [0.15, 0.2) is 18.2 Å². The summed E-state index contributed by atoms with van der Waals surface area (Å²) in [5.74, 6) is -0.146. The van der Waals surface area contributed by atoms with Crippen LogP contribution in [-0.4, -0.2) is 59.1 Å². The van der Waals surface area contributed by atoms with E-state index in [1.54, 1.807) is 6.07 Å². The first-order valence-corrected chi connectivity index (χ1v) is 10.0. The molecular weight excluding hydrogens is 368 g/mol. The molecule has 2 heterocycles. The SMILES string of the molecule is C[C@H](Oc1ccc(CN2CCC(C(=O)N3CCCC3)CC2)cc1Cl)C(=O)O. The summed E-state index contributed by atoms with van der Waals surface area (Å²) >= 11 is 6.25. The van der Waals surface area contributed by atoms with Crippen molar-refractivity contribution in [3.8, 4) is 5.75 Å². The number of hydrogen-bond acceptors (Lipinski definition) is 4. The molecule has 7 heteroatoms. The second kappa shape index (κ2) is 8.93. The molecule has 2 aliphatic rings. The van der Waals surface area contributed by atoms with Crippen LogP contribution in [0.25, 0.3) is 0 Å². The van der Waals surface area contributed by atoms with Crippen LogP contribution < -0.4 is 4.74 Å². The molecule has 3 rings (SSSR count). The number of piperidine rings is 1. The number of carbonyl (C=O) groups excluding carboxylic acids is 1. The van der Waals surface area contributed by atoms with Crippen molar-refractivity contribution in [3.05, 3.63) is 28.8 Å². The van der Waals surface area contributed by atoms with Gasteiger partial charge in [-0.2, -0.15) is 0 Å². The minimum Gasteiger partial charge on any atom is -0.479 e. The second-order valence-electron chi connectivity index (χ2n) is 7.45. The molecule has 148 valence electrons. The fourth-order valence-electron chi connectivity index (χ4n) is 3.77. The van der Waals surface area contributed by atoms with Crippen molar-refractivity contribution in [1.29, 1.82) is 0 Å². The third-order valence-corrected chi connectivity index (χ3v) is 5.70. The van der Waals surface area contributed by atoms with E-state index in [0.717, 1.165) is 64.0 Å². The summed E-state index contributed by atoms with van der Waals surface area (Å²) in [4.78, 5) is 27.8. The quantitative estimate of drug-likeness (QED) is 0.803. The standard InChI is InChI=1S/C20H27ClN2O4/c1-14(20(25)26)27-18-5-4-15(12-17(18)21)13-22-10-6-16(7-11-22)19(24)23-8-2-3-9-23/h4-5,12,14,16H,2-3,6-11,13H2,1H3,(H,25,26)/t14-/m0/s1. The fraction of sp³-hybridized carbons (Fsp3) is 0.600. The van der Waals surface area contributed by atoms with Crippen LogP contribution in [0.4, 0.5) is 0 Å². The summed E-state index contributed by atoms with van der Waals surface area (Å²) in [6.07, 6.45) is 3.13. The number of amides is 1. The summed E-state index contributed by atoms with van der Waals surface area (Å²) < 4.78 is 5.35. The third-order valence-electron chi connectivity index (χ3n) is 5.41. The Bertz CT molecular complexity index is 683. The molecule has 1 aromatic rings. The van der Waals surface area contributed by atoms with Crippen LogP contribution in [0.1, 0.15) is 38.2 Å². The molecule has 0 saturated carbocycles. The molecule has 1 aromatic carbocycles. The van der Waals surface area contributed by atoms with E-state index in [9.17, 15) is 9.59 Å². The molecule has 0 aliphatic carbocycles. The second-order valence-corrected chi connectivity index (χ2v) is 7.85. The summed E-state index contributed by atoms with van der Waals surface area (Å²) in [5.41, 5.74) is 1.06. The molecule has 2 fully saturated rings. The first kappa shape index (κ1) is 20.0. The lowest BCUT2D eigenvalue weighted by Crippen LogP contribution is -2.41. The Morgan fingerprint density at radius 3 is 2.48 bits per heavy atom. The minimum absolute atomic E-state index is 0.163. The first-order chi connectivity index (χ1) is 12.9. The maximum Gasteiger partial charge on any atom is 0.344 e. The van der Waals surface area contributed by atoms with Crippen molar-refractivity contribution in [2.24, 2.45) is 5.92 Å². The molecule has 2 saturated heterocycles. The maximum atomic E-state index is 12.5. The van der Waals surface area contributed by atoms with Crippen LogP contribution in [0.5, 0.6) is 5.75 Å². The number of aliphatic carboxylic acids is 1. The van der Waals surface area contributed by atoms with Crippen molar-refractivity contribution in [3.63, 3.8) is 0 Å². The summed E-state index contributed by atoms with van der Waals surface area (Å²) in [5, 5.41) is 9.35. The normalized spacial score (nSPS) is 19.9. The Morgan fingerprint density at radius 2 is 1.89 bits per heavy atom. The molecule has 0 spiro atoms. The van der Waals surface area contributed by atoms with Gasteiger partial charge in [-0.25, -0.2) is 4.79 Å². The molecule has 1 N–H and O–H groups in total. The van der Waals surface area contributed by atoms with Crippen LogP contribution >= 0.6 is 11.6 Å². The zero-order valence-corrected chi connectivity index (χ0v) is 16.5. The summed E-state index contributed by atoms with van der Waals surface area (Å²) in [6, 6.07) is 5.46. The van der Waals surface area contributed by atoms with Crippen molar-refractivity contribution in [1.82, 2.24) is 9.80 Å². The summed E-state index contributed by atoms with van der Waals surface area (Å²) in [7, 11) is 0. The molecule has 1 amide bonds. The smallest absolute Gasteiger partial charge is 0.344 e. The number of nitrogens with zero attached hydrogens (tertiary/aromatic N) is 2. The number of hydrogen-bond donors (Lipinski definition) is 1. The Balaban J connectivity index is 1.50. The van der Waals surface area contributed by atoms with Crippen molar-refractivity contribution in [2.45, 2.75) is 45.3 Å². The molecule has 0 unspecified atom stereocenters. The van der Waals surface area contributed by atoms with Gasteiger partial charge in [-0.1, -0.05) is 17.7 Å². The molecule has 2 aliphatic heterocycles. The number of rotatable bonds is 6. The Kier molecular flexibility index (Phi) is 6.60. The molecule has 6 nitrogen and oxygen atoms in total. The molecule has 0 radical (unpaired) electrons. The van der Waals surface area contributed by atoms with E-state index >= 15 is 0 Å². The molecule has 0 aromatic heterocycles. The number of benzene rings is 1. The number of likely N-dealkylation sites (tertiary alicyclic amines) is 2. The minimum atomic E-state index is -1.03. The molecule has 0 bridgehead atoms. The predicted octanol–water partition coefficient (Wildman–Crippen LogP) is 3.03. The predicted molar refractivity (Wildman–Crippen MR) is 103 cm³/mol. The van der Waals surface area contributed by atoms with Gasteiger partial charge in [0.2, 0.25) is 5.91 Å². The fourth-order valence-corrected chi connectivity index (χ4v) is 4.02. The lowest BCUT2D eigenvalue weighted by Gasteiger charge is -2.33. The summed E-state index contributed by atoms with van der Waals surface area (Å²) in [6.45, 7) is 5.88. The van der Waals surface area contributed by atoms with Crippen LogP contribution in [0.3, 0.4) is 0 Å². The highest BCUT2D eigenvalue weighted by molar-refractivity contribution is 6.32. The van der Waals surface area contributed by atoms with Gasteiger partial charge in [-0.05, 0) is 63.4 Å². The lowest BCUT2D eigenvalue weighted by atomic mass is 9.95. The van der Waals surface area contributed by atoms with Gasteiger partial charge >= 0.3 is 5.97 Å². The monoisotopic (exact) mass is 394 g/mol. The van der Waals surface area contributed by atoms with E-state index < -0.39 is 12.1 Å². The largest absolute Gasteiger partial charge is 0.479 e. The van der Waals surface area contributed by atoms with Gasteiger partial charge in [-0.15, -0.1) is 0 Å². The van der Waals surface area contributed by atoms with Gasteiger partial charge in [-0.3, -0.25) is 9.69 Å². The number of carbonyl (C=O) groups is 2. The Labute approximate surface area is 165 Å². The van der Waals surface area contributed by atoms with Gasteiger partial charge < -0.3 is 14.7 Å². The van der Waals surface area contributed by atoms with Gasteiger partial charge in [0.1, 0.15) is 5.75 Å². The lowest BCUT2D eigenvalue weighted by molar-refractivity contribution is -0.144. The average Bonchev–Trinajstić information content (AvgIpc) is 3.18. The van der Waals surface area contributed by atoms with Gasteiger partial charge in [0.05, 0.1) is 5.02 Å². The zero-order valence-electron chi connectivity index (χ0n) is 15.7. The molecule has 1 atom stereocenters. The van der Waals surface area contributed by atoms with E-state index in [4.69, 9.17) is 21.4 Å². The number of ether oxygens (including phenoxy) is 1. The number of halogens is 1. The van der Waals surface area contributed by atoms with Crippen molar-refractivity contribution in [2.75, 3.05) is 26.2 Å². The van der Waals surface area contributed by atoms with E-state index in [0.29, 0.717) is 16.7 Å². The maximum absolute atomic E-state index is 12.5. The van der Waals surface area contributed by atoms with Gasteiger partial charge in [0.25, 0.3) is 0 Å². The number of carboxylic acid groups (broad SMARTS) is 1. The molecular formula is C20H27ClN2O4. The molecule has 27 heavy (non-hydrogen) atoms.